The predicted octanol–water partition coefficient (Wildman–Crippen LogP) is 3.13. The lowest BCUT2D eigenvalue weighted by atomic mass is 10.2. The molecule has 0 atom stereocenters. The number of amides is 4. The lowest BCUT2D eigenvalue weighted by Gasteiger charge is -2.23. The van der Waals surface area contributed by atoms with Gasteiger partial charge in [0.15, 0.2) is 0 Å². The highest BCUT2D eigenvalue weighted by Crippen LogP contribution is 2.24. The van der Waals surface area contributed by atoms with Crippen LogP contribution in [0.2, 0.25) is 0 Å². The van der Waals surface area contributed by atoms with Crippen LogP contribution in [0, 0.1) is 19.8 Å². The lowest BCUT2D eigenvalue weighted by molar-refractivity contribution is -0.139. The molecule has 5 rings (SSSR count). The van der Waals surface area contributed by atoms with E-state index in [0.717, 1.165) is 68.5 Å². The topological polar surface area (TPSA) is 163 Å². The second-order valence-electron chi connectivity index (χ2n) is 10.3. The van der Waals surface area contributed by atoms with E-state index in [2.05, 4.69) is 33.5 Å². The van der Waals surface area contributed by atoms with Crippen LogP contribution in [-0.2, 0) is 9.59 Å². The van der Waals surface area contributed by atoms with Gasteiger partial charge in [0, 0.05) is 50.2 Å². The van der Waals surface area contributed by atoms with E-state index in [-0.39, 0.29) is 34.9 Å². The number of pyridine rings is 1. The summed E-state index contributed by atoms with van der Waals surface area (Å²) in [6.07, 6.45) is 15.3. The molecule has 4 N–H and O–H groups in total. The number of hydrogen-bond donors (Lipinski definition) is 3. The van der Waals surface area contributed by atoms with E-state index in [9.17, 15) is 19.2 Å². The smallest absolute Gasteiger partial charge is 0.269 e. The molecule has 12 nitrogen and oxygen atoms in total. The van der Waals surface area contributed by atoms with Crippen molar-refractivity contribution < 1.29 is 23.6 Å². The highest BCUT2D eigenvalue weighted by molar-refractivity contribution is 6.06. The fourth-order valence-corrected chi connectivity index (χ4v) is 4.85. The molecule has 0 saturated carbocycles. The predicted molar refractivity (Wildman–Crippen MR) is 168 cm³/mol. The molecule has 0 aliphatic carbocycles. The van der Waals surface area contributed by atoms with Crippen LogP contribution in [0.5, 0.6) is 0 Å². The van der Waals surface area contributed by atoms with E-state index >= 15 is 0 Å². The molecule has 1 aromatic carbocycles. The molecule has 2 saturated heterocycles. The Balaban J connectivity index is 0.000000251. The molecule has 12 heteroatoms. The van der Waals surface area contributed by atoms with Gasteiger partial charge in [0.1, 0.15) is 17.0 Å². The summed E-state index contributed by atoms with van der Waals surface area (Å²) in [6, 6.07) is 10.1. The van der Waals surface area contributed by atoms with Crippen molar-refractivity contribution in [2.45, 2.75) is 45.4 Å². The molecular formula is C32H39N7O5. The van der Waals surface area contributed by atoms with Crippen molar-refractivity contribution in [2.75, 3.05) is 33.2 Å². The van der Waals surface area contributed by atoms with Crippen LogP contribution < -0.4 is 16.4 Å². The minimum absolute atomic E-state index is 0.0622. The van der Waals surface area contributed by atoms with Crippen molar-refractivity contribution >= 4 is 46.2 Å². The number of likely N-dealkylation sites (tertiary alicyclic amines) is 2. The third kappa shape index (κ3) is 9.42. The summed E-state index contributed by atoms with van der Waals surface area (Å²) in [6.45, 7) is 4.68. The Labute approximate surface area is 257 Å². The number of carbonyl (C=O) groups is 4. The summed E-state index contributed by atoms with van der Waals surface area (Å²) in [4.78, 5) is 59.2. The van der Waals surface area contributed by atoms with Crippen LogP contribution in [0.4, 0.5) is 5.69 Å². The van der Waals surface area contributed by atoms with E-state index in [1.807, 2.05) is 17.9 Å². The lowest BCUT2D eigenvalue weighted by Crippen LogP contribution is -2.41. The highest BCUT2D eigenvalue weighted by Gasteiger charge is 2.24. The molecule has 3 aromatic rings. The van der Waals surface area contributed by atoms with E-state index in [4.69, 9.17) is 10.2 Å². The summed E-state index contributed by atoms with van der Waals surface area (Å²) in [7, 11) is 1.49. The number of fused-ring (bicyclic) bond motifs is 1. The van der Waals surface area contributed by atoms with Crippen molar-refractivity contribution in [1.82, 2.24) is 25.4 Å². The minimum atomic E-state index is -0.487. The molecule has 232 valence electrons. The van der Waals surface area contributed by atoms with Crippen LogP contribution in [-0.4, -0.2) is 77.6 Å². The zero-order chi connectivity index (χ0) is 32.1. The number of aryl methyl sites for hydroxylation is 1. The zero-order valence-corrected chi connectivity index (χ0v) is 25.2. The standard InChI is InChI=1S/C18H17N5O3.C12H20N2O2.C2H2/c1-10-7-12-8-13(3-4-15(12)26-10)22-18(19)23-16(24)11-5-6-21-14(9-11)17(25)20-2;15-11-6-2-1-3-9-14(11)10-12(16)13-7-4-5-8-13;1-2/h3-9H,1-2H3,(H,20,25)(H3,19,22,23,24);1-10H2;1-2H. The number of benzene rings is 1. The van der Waals surface area contributed by atoms with Gasteiger partial charge < -0.3 is 25.3 Å². The van der Waals surface area contributed by atoms with Crippen LogP contribution in [0.25, 0.3) is 11.0 Å². The average molecular weight is 602 g/mol. The summed E-state index contributed by atoms with van der Waals surface area (Å²) in [5.41, 5.74) is 7.53. The van der Waals surface area contributed by atoms with Crippen molar-refractivity contribution in [3.05, 3.63) is 59.6 Å². The third-order valence-electron chi connectivity index (χ3n) is 7.05. The summed E-state index contributed by atoms with van der Waals surface area (Å²) >= 11 is 0. The molecule has 2 fully saturated rings. The van der Waals surface area contributed by atoms with E-state index in [1.165, 1.54) is 25.4 Å². The number of hydrogen-bond acceptors (Lipinski definition) is 7. The Hall–Kier alpha value is -5.18. The fourth-order valence-electron chi connectivity index (χ4n) is 4.85. The summed E-state index contributed by atoms with van der Waals surface area (Å²) in [5, 5.41) is 5.83. The number of nitrogens with one attached hydrogen (secondary N) is 2. The number of guanidine groups is 1. The molecule has 2 aliphatic rings. The first-order valence-electron chi connectivity index (χ1n) is 14.5. The molecule has 2 aromatic heterocycles. The normalized spacial score (nSPS) is 14.9. The highest BCUT2D eigenvalue weighted by atomic mass is 16.3. The molecule has 4 heterocycles. The second kappa shape index (κ2) is 16.5. The van der Waals surface area contributed by atoms with Crippen LogP contribution >= 0.6 is 0 Å². The van der Waals surface area contributed by atoms with Gasteiger partial charge in [-0.15, -0.1) is 12.8 Å². The van der Waals surface area contributed by atoms with Gasteiger partial charge in [-0.3, -0.25) is 29.5 Å². The Morgan fingerprint density at radius 1 is 1.00 bits per heavy atom. The largest absolute Gasteiger partial charge is 0.461 e. The molecule has 2 aliphatic heterocycles. The molecular weight excluding hydrogens is 562 g/mol. The number of aromatic nitrogens is 1. The van der Waals surface area contributed by atoms with Crippen molar-refractivity contribution in [3.8, 4) is 12.8 Å². The van der Waals surface area contributed by atoms with E-state index in [1.54, 1.807) is 23.1 Å². The number of nitrogens with two attached hydrogens (primary N) is 1. The fraction of sp³-hybridized carbons (Fsp3) is 0.375. The van der Waals surface area contributed by atoms with Gasteiger partial charge in [0.2, 0.25) is 17.8 Å². The van der Waals surface area contributed by atoms with Crippen LogP contribution in [0.1, 0.15) is 65.1 Å². The Morgan fingerprint density at radius 3 is 2.45 bits per heavy atom. The van der Waals surface area contributed by atoms with Crippen molar-refractivity contribution in [3.63, 3.8) is 0 Å². The molecule has 0 spiro atoms. The van der Waals surface area contributed by atoms with Crippen LogP contribution in [0.3, 0.4) is 0 Å². The Bertz CT molecular complexity index is 1520. The Morgan fingerprint density at radius 2 is 1.73 bits per heavy atom. The van der Waals surface area contributed by atoms with E-state index in [0.29, 0.717) is 18.7 Å². The number of carbonyl (C=O) groups excluding carboxylic acids is 4. The number of nitrogens with zero attached hydrogens (tertiary/aromatic N) is 4. The number of rotatable bonds is 5. The van der Waals surface area contributed by atoms with Gasteiger partial charge in [-0.05, 0) is 69.0 Å². The molecule has 44 heavy (non-hydrogen) atoms. The molecule has 0 bridgehead atoms. The molecule has 0 unspecified atom stereocenters. The summed E-state index contributed by atoms with van der Waals surface area (Å²) in [5.74, 6) is 0.154. The van der Waals surface area contributed by atoms with E-state index < -0.39 is 5.91 Å². The molecule has 0 radical (unpaired) electrons. The SMILES string of the molecule is C#C.CNC(=O)c1cc(C(=O)NC(N)=Nc2ccc3oc(C)cc3c2)ccn1.O=C(CN1CCCCCC1=O)N1CCCC1. The quantitative estimate of drug-likeness (QED) is 0.230. The zero-order valence-electron chi connectivity index (χ0n) is 25.2. The summed E-state index contributed by atoms with van der Waals surface area (Å²) < 4.78 is 5.50. The van der Waals surface area contributed by atoms with Gasteiger partial charge in [0.25, 0.3) is 11.8 Å². The third-order valence-corrected chi connectivity index (χ3v) is 7.05. The maximum Gasteiger partial charge on any atom is 0.269 e. The second-order valence-corrected chi connectivity index (χ2v) is 10.3. The van der Waals surface area contributed by atoms with Gasteiger partial charge in [-0.1, -0.05) is 6.42 Å². The van der Waals surface area contributed by atoms with Gasteiger partial charge in [0.05, 0.1) is 12.2 Å². The van der Waals surface area contributed by atoms with Gasteiger partial charge >= 0.3 is 0 Å². The first-order chi connectivity index (χ1) is 21.2. The first kappa shape index (κ1) is 33.3. The number of furan rings is 1. The molecule has 4 amide bonds. The monoisotopic (exact) mass is 601 g/mol. The maximum atomic E-state index is 12.3. The van der Waals surface area contributed by atoms with Crippen molar-refractivity contribution in [1.29, 1.82) is 0 Å². The maximum absolute atomic E-state index is 12.3. The average Bonchev–Trinajstić information content (AvgIpc) is 3.65. The first-order valence-corrected chi connectivity index (χ1v) is 14.5. The minimum Gasteiger partial charge on any atom is -0.461 e. The Kier molecular flexibility index (Phi) is 12.5. The van der Waals surface area contributed by atoms with Gasteiger partial charge in [-0.2, -0.15) is 0 Å². The van der Waals surface area contributed by atoms with Crippen molar-refractivity contribution in [2.24, 2.45) is 10.7 Å². The van der Waals surface area contributed by atoms with Crippen LogP contribution in [0.15, 0.2) is 52.0 Å². The number of terminal acetylenes is 1. The van der Waals surface area contributed by atoms with Gasteiger partial charge in [-0.25, -0.2) is 4.99 Å². The number of aliphatic imine (C=N–C) groups is 1.